The van der Waals surface area contributed by atoms with Gasteiger partial charge >= 0.3 is 5.97 Å². The van der Waals surface area contributed by atoms with Crippen LogP contribution in [0.15, 0.2) is 109 Å². The highest BCUT2D eigenvalue weighted by molar-refractivity contribution is 6.04. The van der Waals surface area contributed by atoms with Gasteiger partial charge in [-0.15, -0.1) is 0 Å². The van der Waals surface area contributed by atoms with Crippen molar-refractivity contribution in [3.05, 3.63) is 120 Å². The van der Waals surface area contributed by atoms with E-state index in [4.69, 9.17) is 18.9 Å². The van der Waals surface area contributed by atoms with E-state index in [1.54, 1.807) is 62.7 Å². The molecule has 46 heavy (non-hydrogen) atoms. The number of rotatable bonds is 15. The topological polar surface area (TPSA) is 108 Å². The molecule has 0 radical (unpaired) electrons. The van der Waals surface area contributed by atoms with Crippen LogP contribution in [0.5, 0.6) is 23.0 Å². The van der Waals surface area contributed by atoms with E-state index in [0.29, 0.717) is 72.4 Å². The highest BCUT2D eigenvalue weighted by atomic mass is 16.5. The lowest BCUT2D eigenvalue weighted by atomic mass is 10.1. The number of fused-ring (bicyclic) bond motifs is 1. The average molecular weight is 620 g/mol. The monoisotopic (exact) mass is 619 g/mol. The van der Waals surface area contributed by atoms with Crippen LogP contribution >= 0.6 is 0 Å². The molecule has 0 spiro atoms. The molecule has 0 aliphatic heterocycles. The van der Waals surface area contributed by atoms with Crippen molar-refractivity contribution in [1.29, 1.82) is 0 Å². The first-order chi connectivity index (χ1) is 22.5. The van der Waals surface area contributed by atoms with E-state index in [-0.39, 0.29) is 11.9 Å². The molecular weight excluding hydrogens is 582 g/mol. The van der Waals surface area contributed by atoms with Gasteiger partial charge in [-0.25, -0.2) is 0 Å². The molecule has 2 N–H and O–H groups in total. The third-order valence-corrected chi connectivity index (χ3v) is 7.19. The Labute approximate surface area is 268 Å². The number of amides is 1. The van der Waals surface area contributed by atoms with Crippen molar-refractivity contribution in [3.8, 4) is 23.0 Å². The van der Waals surface area contributed by atoms with Crippen LogP contribution in [0.4, 0.5) is 5.69 Å². The van der Waals surface area contributed by atoms with Gasteiger partial charge in [0.05, 0.1) is 25.8 Å². The molecule has 1 atom stereocenters. The summed E-state index contributed by atoms with van der Waals surface area (Å²) in [6.07, 6.45) is 2.88. The van der Waals surface area contributed by atoms with Gasteiger partial charge in [0.25, 0.3) is 5.91 Å². The second kappa shape index (κ2) is 16.1. The summed E-state index contributed by atoms with van der Waals surface area (Å²) in [6, 6.07) is 31.1. The van der Waals surface area contributed by atoms with Crippen LogP contribution < -0.4 is 24.8 Å². The number of esters is 1. The highest BCUT2D eigenvalue weighted by Crippen LogP contribution is 2.37. The molecule has 236 valence electrons. The van der Waals surface area contributed by atoms with Crippen molar-refractivity contribution in [2.45, 2.75) is 25.8 Å². The zero-order valence-corrected chi connectivity index (χ0v) is 25.9. The zero-order chi connectivity index (χ0) is 32.1. The number of methoxy groups -OCH3 is 1. The van der Waals surface area contributed by atoms with Gasteiger partial charge in [-0.05, 0) is 80.4 Å². The Morgan fingerprint density at radius 2 is 1.59 bits per heavy atom. The van der Waals surface area contributed by atoms with Crippen molar-refractivity contribution < 1.29 is 28.5 Å². The summed E-state index contributed by atoms with van der Waals surface area (Å²) in [5.74, 6) is 1.86. The number of benzene rings is 4. The van der Waals surface area contributed by atoms with E-state index in [1.165, 1.54) is 0 Å². The molecular formula is C37H37N3O6. The number of anilines is 1. The Hall–Kier alpha value is -5.41. The van der Waals surface area contributed by atoms with Crippen molar-refractivity contribution in [3.63, 3.8) is 0 Å². The van der Waals surface area contributed by atoms with E-state index in [1.807, 2.05) is 60.7 Å². The number of nitrogens with zero attached hydrogens (tertiary/aromatic N) is 1. The van der Waals surface area contributed by atoms with E-state index >= 15 is 0 Å². The maximum atomic E-state index is 12.5. The Bertz CT molecular complexity index is 1730. The third-order valence-electron chi connectivity index (χ3n) is 7.19. The van der Waals surface area contributed by atoms with E-state index < -0.39 is 6.04 Å². The molecule has 0 saturated heterocycles. The summed E-state index contributed by atoms with van der Waals surface area (Å²) < 4.78 is 23.2. The molecule has 0 fully saturated rings. The zero-order valence-electron chi connectivity index (χ0n) is 25.9. The number of carbonyl (C=O) groups excluding carboxylic acids is 2. The number of carbonyl (C=O) groups is 2. The summed E-state index contributed by atoms with van der Waals surface area (Å²) >= 11 is 0. The van der Waals surface area contributed by atoms with Crippen LogP contribution in [-0.4, -0.2) is 49.8 Å². The van der Waals surface area contributed by atoms with Crippen LogP contribution in [0.25, 0.3) is 10.9 Å². The average Bonchev–Trinajstić information content (AvgIpc) is 3.09. The molecule has 0 aliphatic carbocycles. The van der Waals surface area contributed by atoms with Crippen molar-refractivity contribution >= 4 is 28.5 Å². The lowest BCUT2D eigenvalue weighted by Gasteiger charge is -2.18. The molecule has 5 rings (SSSR count). The predicted molar refractivity (Wildman–Crippen MR) is 178 cm³/mol. The first-order valence-corrected chi connectivity index (χ1v) is 15.2. The fourth-order valence-electron chi connectivity index (χ4n) is 4.88. The Morgan fingerprint density at radius 3 is 2.30 bits per heavy atom. The maximum absolute atomic E-state index is 12.5. The molecule has 0 bridgehead atoms. The number of pyridine rings is 1. The van der Waals surface area contributed by atoms with Crippen LogP contribution in [0.3, 0.4) is 0 Å². The lowest BCUT2D eigenvalue weighted by molar-refractivity contribution is -0.145. The Kier molecular flexibility index (Phi) is 11.2. The smallest absolute Gasteiger partial charge is 0.323 e. The van der Waals surface area contributed by atoms with E-state index in [9.17, 15) is 9.59 Å². The molecule has 0 saturated carbocycles. The van der Waals surface area contributed by atoms with Crippen LogP contribution in [0.1, 0.15) is 29.3 Å². The molecule has 9 nitrogen and oxygen atoms in total. The summed E-state index contributed by atoms with van der Waals surface area (Å²) in [6.45, 7) is 3.11. The first kappa shape index (κ1) is 32.0. The van der Waals surface area contributed by atoms with Crippen LogP contribution in [-0.2, 0) is 16.0 Å². The quantitative estimate of drug-likeness (QED) is 0.0971. The second-order valence-corrected chi connectivity index (χ2v) is 10.4. The van der Waals surface area contributed by atoms with E-state index in [2.05, 4.69) is 15.6 Å². The number of nitrogens with one attached hydrogen (secondary N) is 2. The molecule has 0 aliphatic rings. The van der Waals surface area contributed by atoms with Gasteiger partial charge in [0.15, 0.2) is 11.5 Å². The highest BCUT2D eigenvalue weighted by Gasteiger charge is 2.19. The Balaban J connectivity index is 1.19. The summed E-state index contributed by atoms with van der Waals surface area (Å²) in [5.41, 5.74) is 2.99. The number of hydrogen-bond acceptors (Lipinski definition) is 8. The summed E-state index contributed by atoms with van der Waals surface area (Å²) in [5, 5.41) is 6.96. The van der Waals surface area contributed by atoms with Gasteiger partial charge in [0, 0.05) is 28.9 Å². The Morgan fingerprint density at radius 1 is 0.848 bits per heavy atom. The molecule has 1 amide bonds. The fourth-order valence-corrected chi connectivity index (χ4v) is 4.88. The third kappa shape index (κ3) is 8.61. The first-order valence-electron chi connectivity index (χ1n) is 15.2. The van der Waals surface area contributed by atoms with E-state index in [0.717, 1.165) is 10.9 Å². The second-order valence-electron chi connectivity index (χ2n) is 10.4. The number of aromatic nitrogens is 1. The van der Waals surface area contributed by atoms with Crippen LogP contribution in [0, 0.1) is 0 Å². The van der Waals surface area contributed by atoms with Crippen LogP contribution in [0.2, 0.25) is 0 Å². The summed E-state index contributed by atoms with van der Waals surface area (Å²) in [4.78, 5) is 29.5. The number of hydrogen-bond donors (Lipinski definition) is 2. The van der Waals surface area contributed by atoms with Gasteiger partial charge in [-0.1, -0.05) is 48.5 Å². The molecule has 5 aromatic rings. The minimum absolute atomic E-state index is 0.181. The SMILES string of the molecule is CCOC(=O)C(Cc1ccccc1)NCCCOc1cc2nccc(Oc3ccc(NC(=O)c4ccccc4)cc3)c2cc1OC. The molecule has 4 aromatic carbocycles. The predicted octanol–water partition coefficient (Wildman–Crippen LogP) is 6.82. The van der Waals surface area contributed by atoms with Gasteiger partial charge < -0.3 is 29.6 Å². The van der Waals surface area contributed by atoms with Gasteiger partial charge in [0.2, 0.25) is 0 Å². The normalized spacial score (nSPS) is 11.4. The lowest BCUT2D eigenvalue weighted by Crippen LogP contribution is -2.40. The van der Waals surface area contributed by atoms with Gasteiger partial charge in [-0.2, -0.15) is 0 Å². The molecule has 1 heterocycles. The standard InChI is InChI=1S/C37H37N3O6/c1-3-44-37(42)32(23-26-11-6-4-7-12-26)38-20-10-22-45-35-25-31-30(24-34(35)43-2)33(19-21-39-31)46-29-17-15-28(16-18-29)40-36(41)27-13-8-5-9-14-27/h4-9,11-19,21,24-25,32,38H,3,10,20,22-23H2,1-2H3,(H,40,41). The van der Waals surface area contributed by atoms with Crippen molar-refractivity contribution in [2.75, 3.05) is 32.2 Å². The molecule has 1 unspecified atom stereocenters. The fraction of sp³-hybridized carbons (Fsp3) is 0.216. The largest absolute Gasteiger partial charge is 0.493 e. The molecule has 1 aromatic heterocycles. The molecule has 9 heteroatoms. The minimum atomic E-state index is -0.440. The summed E-state index contributed by atoms with van der Waals surface area (Å²) in [7, 11) is 1.59. The van der Waals surface area contributed by atoms with Crippen molar-refractivity contribution in [2.24, 2.45) is 0 Å². The van der Waals surface area contributed by atoms with Crippen molar-refractivity contribution in [1.82, 2.24) is 10.3 Å². The van der Waals surface area contributed by atoms with Gasteiger partial charge in [-0.3, -0.25) is 14.6 Å². The minimum Gasteiger partial charge on any atom is -0.493 e. The maximum Gasteiger partial charge on any atom is 0.323 e. The van der Waals surface area contributed by atoms with Gasteiger partial charge in [0.1, 0.15) is 17.5 Å². The number of ether oxygens (including phenoxy) is 4.